The number of amides is 1. The van der Waals surface area contributed by atoms with E-state index in [1.807, 2.05) is 0 Å². The number of nitrogens with one attached hydrogen (secondary N) is 1. The average Bonchev–Trinajstić information content (AvgIpc) is 3.21. The van der Waals surface area contributed by atoms with Gasteiger partial charge in [0, 0.05) is 24.7 Å². The van der Waals surface area contributed by atoms with Crippen molar-refractivity contribution in [2.24, 2.45) is 0 Å². The van der Waals surface area contributed by atoms with Gasteiger partial charge in [-0.05, 0) is 30.7 Å². The van der Waals surface area contributed by atoms with Crippen molar-refractivity contribution in [3.05, 3.63) is 70.3 Å². The van der Waals surface area contributed by atoms with Gasteiger partial charge in [-0.15, -0.1) is 0 Å². The first-order valence-electron chi connectivity index (χ1n) is 7.10. The van der Waals surface area contributed by atoms with Crippen molar-refractivity contribution in [2.75, 3.05) is 5.32 Å². The number of hydrogen-bond donors (Lipinski definition) is 1. The summed E-state index contributed by atoms with van der Waals surface area (Å²) < 4.78 is 3.20. The molecule has 0 bridgehead atoms. The Hall–Kier alpha value is -3.49. The lowest BCUT2D eigenvalue weighted by atomic mass is 10.2. The fourth-order valence-electron chi connectivity index (χ4n) is 2.18. The van der Waals surface area contributed by atoms with Crippen molar-refractivity contribution < 1.29 is 9.72 Å². The Morgan fingerprint density at radius 1 is 1.29 bits per heavy atom. The zero-order valence-corrected chi connectivity index (χ0v) is 12.8. The van der Waals surface area contributed by atoms with Crippen molar-refractivity contribution in [1.29, 1.82) is 0 Å². The van der Waals surface area contributed by atoms with Crippen molar-refractivity contribution in [1.82, 2.24) is 19.6 Å². The Kier molecular flexibility index (Phi) is 4.06. The van der Waals surface area contributed by atoms with E-state index in [4.69, 9.17) is 0 Å². The molecule has 3 rings (SSSR count). The summed E-state index contributed by atoms with van der Waals surface area (Å²) in [5.74, 6) is -0.513. The summed E-state index contributed by atoms with van der Waals surface area (Å²) in [6.07, 6.45) is 5.06. The zero-order valence-electron chi connectivity index (χ0n) is 12.8. The maximum Gasteiger partial charge on any atom is 0.293 e. The van der Waals surface area contributed by atoms with Gasteiger partial charge in [-0.25, -0.2) is 0 Å². The molecule has 2 aromatic heterocycles. The van der Waals surface area contributed by atoms with Crippen LogP contribution in [0.1, 0.15) is 16.1 Å². The van der Waals surface area contributed by atoms with Crippen molar-refractivity contribution in [2.45, 2.75) is 13.6 Å². The molecule has 2 heterocycles. The highest BCUT2D eigenvalue weighted by Gasteiger charge is 2.18. The monoisotopic (exact) mass is 326 g/mol. The number of aromatic nitrogens is 4. The minimum absolute atomic E-state index is 0.136. The summed E-state index contributed by atoms with van der Waals surface area (Å²) in [5, 5.41) is 21.8. The number of rotatable bonds is 5. The highest BCUT2D eigenvalue weighted by atomic mass is 16.6. The molecule has 9 heteroatoms. The SMILES string of the molecule is Cc1ccc(NC(=O)c2ccn(Cn3cccn3)n2)c([N+](=O)[O-])c1. The second kappa shape index (κ2) is 6.32. The van der Waals surface area contributed by atoms with E-state index >= 15 is 0 Å². The van der Waals surface area contributed by atoms with E-state index in [1.165, 1.54) is 12.1 Å². The van der Waals surface area contributed by atoms with E-state index in [2.05, 4.69) is 15.5 Å². The Balaban J connectivity index is 1.76. The molecule has 0 aliphatic heterocycles. The molecule has 0 fully saturated rings. The second-order valence-electron chi connectivity index (χ2n) is 5.16. The molecule has 9 nitrogen and oxygen atoms in total. The van der Waals surface area contributed by atoms with Gasteiger partial charge in [0.15, 0.2) is 5.69 Å². The number of aryl methyl sites for hydroxylation is 1. The number of benzene rings is 1. The maximum absolute atomic E-state index is 12.3. The summed E-state index contributed by atoms with van der Waals surface area (Å²) in [4.78, 5) is 22.8. The molecule has 1 aromatic carbocycles. The van der Waals surface area contributed by atoms with Crippen LogP contribution >= 0.6 is 0 Å². The van der Waals surface area contributed by atoms with Crippen LogP contribution in [-0.4, -0.2) is 30.4 Å². The lowest BCUT2D eigenvalue weighted by molar-refractivity contribution is -0.384. The Morgan fingerprint density at radius 2 is 2.12 bits per heavy atom. The normalized spacial score (nSPS) is 10.5. The number of nitrogens with zero attached hydrogens (tertiary/aromatic N) is 5. The fraction of sp³-hybridized carbons (Fsp3) is 0.133. The van der Waals surface area contributed by atoms with Crippen LogP contribution in [0.2, 0.25) is 0 Å². The van der Waals surface area contributed by atoms with Gasteiger partial charge in [0.1, 0.15) is 12.4 Å². The Bertz CT molecular complexity index is 885. The maximum atomic E-state index is 12.3. The van der Waals surface area contributed by atoms with E-state index < -0.39 is 10.8 Å². The number of nitro groups is 1. The Labute approximate surface area is 136 Å². The van der Waals surface area contributed by atoms with Gasteiger partial charge in [0.2, 0.25) is 0 Å². The number of hydrogen-bond acceptors (Lipinski definition) is 5. The summed E-state index contributed by atoms with van der Waals surface area (Å²) >= 11 is 0. The molecule has 0 aliphatic carbocycles. The number of nitro benzene ring substituents is 1. The molecule has 0 atom stereocenters. The summed E-state index contributed by atoms with van der Waals surface area (Å²) in [5.41, 5.74) is 0.886. The van der Waals surface area contributed by atoms with Crippen LogP contribution in [0.3, 0.4) is 0 Å². The third kappa shape index (κ3) is 3.29. The van der Waals surface area contributed by atoms with Crippen LogP contribution < -0.4 is 5.32 Å². The largest absolute Gasteiger partial charge is 0.315 e. The summed E-state index contributed by atoms with van der Waals surface area (Å²) in [7, 11) is 0. The van der Waals surface area contributed by atoms with Gasteiger partial charge in [-0.2, -0.15) is 10.2 Å². The van der Waals surface area contributed by atoms with Crippen LogP contribution in [0.15, 0.2) is 48.9 Å². The van der Waals surface area contributed by atoms with E-state index in [-0.39, 0.29) is 17.1 Å². The average molecular weight is 326 g/mol. The van der Waals surface area contributed by atoms with Gasteiger partial charge in [0.05, 0.1) is 4.92 Å². The minimum Gasteiger partial charge on any atom is -0.315 e. The molecule has 0 aliphatic rings. The van der Waals surface area contributed by atoms with E-state index in [0.29, 0.717) is 6.67 Å². The molecular weight excluding hydrogens is 312 g/mol. The third-order valence-corrected chi connectivity index (χ3v) is 3.32. The molecule has 0 unspecified atom stereocenters. The van der Waals surface area contributed by atoms with Crippen LogP contribution in [-0.2, 0) is 6.67 Å². The van der Waals surface area contributed by atoms with Gasteiger partial charge in [0.25, 0.3) is 11.6 Å². The summed E-state index contributed by atoms with van der Waals surface area (Å²) in [6, 6.07) is 7.93. The molecular formula is C15H14N6O3. The highest BCUT2D eigenvalue weighted by Crippen LogP contribution is 2.25. The second-order valence-corrected chi connectivity index (χ2v) is 5.16. The lowest BCUT2D eigenvalue weighted by Crippen LogP contribution is -2.15. The first-order chi connectivity index (χ1) is 11.5. The molecule has 0 radical (unpaired) electrons. The molecule has 0 saturated heterocycles. The van der Waals surface area contributed by atoms with Crippen LogP contribution in [0, 0.1) is 17.0 Å². The topological polar surface area (TPSA) is 108 Å². The molecule has 1 N–H and O–H groups in total. The van der Waals surface area contributed by atoms with Gasteiger partial charge >= 0.3 is 0 Å². The molecule has 1 amide bonds. The number of anilines is 1. The number of carbonyl (C=O) groups excluding carboxylic acids is 1. The van der Waals surface area contributed by atoms with Gasteiger partial charge in [-0.3, -0.25) is 24.3 Å². The van der Waals surface area contributed by atoms with Crippen molar-refractivity contribution in [3.63, 3.8) is 0 Å². The zero-order chi connectivity index (χ0) is 17.1. The molecule has 0 saturated carbocycles. The van der Waals surface area contributed by atoms with E-state index in [9.17, 15) is 14.9 Å². The van der Waals surface area contributed by atoms with Crippen LogP contribution in [0.5, 0.6) is 0 Å². The fourth-order valence-corrected chi connectivity index (χ4v) is 2.18. The van der Waals surface area contributed by atoms with E-state index in [0.717, 1.165) is 5.56 Å². The predicted molar refractivity (Wildman–Crippen MR) is 85.6 cm³/mol. The first-order valence-corrected chi connectivity index (χ1v) is 7.10. The molecule has 122 valence electrons. The Morgan fingerprint density at radius 3 is 2.83 bits per heavy atom. The first kappa shape index (κ1) is 15.4. The standard InChI is InChI=1S/C15H14N6O3/c1-11-3-4-12(14(9-11)21(23)24)17-15(22)13-5-8-20(18-13)10-19-7-2-6-16-19/h2-9H,10H2,1H3,(H,17,22). The molecule has 3 aromatic rings. The van der Waals surface area contributed by atoms with Crippen LogP contribution in [0.25, 0.3) is 0 Å². The van der Waals surface area contributed by atoms with E-state index in [1.54, 1.807) is 53.1 Å². The lowest BCUT2D eigenvalue weighted by Gasteiger charge is -2.05. The number of carbonyl (C=O) groups is 1. The minimum atomic E-state index is -0.529. The molecule has 0 spiro atoms. The smallest absolute Gasteiger partial charge is 0.293 e. The molecule has 24 heavy (non-hydrogen) atoms. The highest BCUT2D eigenvalue weighted by molar-refractivity contribution is 6.04. The third-order valence-electron chi connectivity index (χ3n) is 3.32. The van der Waals surface area contributed by atoms with Gasteiger partial charge < -0.3 is 5.32 Å². The van der Waals surface area contributed by atoms with Crippen molar-refractivity contribution in [3.8, 4) is 0 Å². The van der Waals surface area contributed by atoms with Crippen LogP contribution in [0.4, 0.5) is 11.4 Å². The quantitative estimate of drug-likeness (QED) is 0.570. The summed E-state index contributed by atoms with van der Waals surface area (Å²) in [6.45, 7) is 2.11. The van der Waals surface area contributed by atoms with Gasteiger partial charge in [-0.1, -0.05) is 6.07 Å². The predicted octanol–water partition coefficient (Wildman–Crippen LogP) is 2.05. The van der Waals surface area contributed by atoms with Crippen molar-refractivity contribution >= 4 is 17.3 Å².